The van der Waals surface area contributed by atoms with Gasteiger partial charge in [0.2, 0.25) is 5.91 Å². The van der Waals surface area contributed by atoms with E-state index in [4.69, 9.17) is 0 Å². The maximum Gasteiger partial charge on any atom is 0.241 e. The van der Waals surface area contributed by atoms with Gasteiger partial charge in [-0.05, 0) is 37.6 Å². The van der Waals surface area contributed by atoms with Crippen LogP contribution in [0, 0.1) is 11.6 Å². The molecule has 0 aromatic heterocycles. The quantitative estimate of drug-likeness (QED) is 0.791. The molecule has 1 atom stereocenters. The second-order valence-electron chi connectivity index (χ2n) is 6.60. The van der Waals surface area contributed by atoms with E-state index in [1.165, 1.54) is 23.7 Å². The fourth-order valence-corrected chi connectivity index (χ4v) is 4.39. The molecule has 0 saturated carbocycles. The van der Waals surface area contributed by atoms with E-state index in [2.05, 4.69) is 10.4 Å². The first-order valence-electron chi connectivity index (χ1n) is 8.59. The molecule has 1 amide bonds. The molecule has 27 heavy (non-hydrogen) atoms. The Kier molecular flexibility index (Phi) is 5.62. The number of benzene rings is 1. The Morgan fingerprint density at radius 3 is 2.74 bits per heavy atom. The van der Waals surface area contributed by atoms with Crippen molar-refractivity contribution in [3.63, 3.8) is 0 Å². The highest BCUT2D eigenvalue weighted by Gasteiger charge is 2.47. The Bertz CT molecular complexity index is 891. The number of hydrogen-bond acceptors (Lipinski definition) is 4. The number of amides is 1. The Hall–Kier alpha value is -2.25. The predicted octanol–water partition coefficient (Wildman–Crippen LogP) is 3.97. The Morgan fingerprint density at radius 1 is 1.26 bits per heavy atom. The number of thioether (sulfide) groups is 1. The number of carbonyl (C=O) groups is 1. The van der Waals surface area contributed by atoms with Crippen molar-refractivity contribution >= 4 is 22.7 Å². The number of rotatable bonds is 1. The highest BCUT2D eigenvalue weighted by molar-refractivity contribution is 8.16. The van der Waals surface area contributed by atoms with Crippen LogP contribution in [0.1, 0.15) is 26.3 Å². The molecule has 1 unspecified atom stereocenters. The zero-order valence-corrected chi connectivity index (χ0v) is 16.2. The van der Waals surface area contributed by atoms with Crippen molar-refractivity contribution in [1.29, 1.82) is 0 Å². The third-order valence-corrected chi connectivity index (χ3v) is 5.95. The number of nitrogens with zero attached hydrogens (tertiary/aromatic N) is 2. The van der Waals surface area contributed by atoms with Gasteiger partial charge in [0.1, 0.15) is 16.7 Å². The molecule has 7 heteroatoms. The van der Waals surface area contributed by atoms with Crippen LogP contribution in [0.25, 0.3) is 0 Å². The lowest BCUT2D eigenvalue weighted by Crippen LogP contribution is -2.51. The van der Waals surface area contributed by atoms with Gasteiger partial charge in [0.25, 0.3) is 0 Å². The Morgan fingerprint density at radius 2 is 2.00 bits per heavy atom. The number of halogens is 2. The molecule has 1 aromatic carbocycles. The van der Waals surface area contributed by atoms with Gasteiger partial charge < -0.3 is 5.32 Å². The molecule has 2 heterocycles. The van der Waals surface area contributed by atoms with E-state index in [1.807, 2.05) is 38.2 Å². The molecule has 3 rings (SSSR count). The largest absolute Gasteiger partial charge is 0.309 e. The third kappa shape index (κ3) is 3.89. The maximum absolute atomic E-state index is 14.3. The zero-order chi connectivity index (χ0) is 19.6. The van der Waals surface area contributed by atoms with E-state index in [-0.39, 0.29) is 16.5 Å². The lowest BCUT2D eigenvalue weighted by atomic mass is 10.1. The first kappa shape index (κ1) is 19.5. The summed E-state index contributed by atoms with van der Waals surface area (Å²) in [6, 6.07) is 3.24. The summed E-state index contributed by atoms with van der Waals surface area (Å²) in [7, 11) is 0. The molecule has 0 bridgehead atoms. The average molecular weight is 389 g/mol. The van der Waals surface area contributed by atoms with Gasteiger partial charge in [0.05, 0.1) is 0 Å². The SMILES string of the molecule is CC(=O)N1N=C(c2cc(F)ccc2F)SC12CNC/C(C)=C/C=C\C=C2C. The van der Waals surface area contributed by atoms with Gasteiger partial charge in [0.15, 0.2) is 4.87 Å². The van der Waals surface area contributed by atoms with Crippen molar-refractivity contribution in [1.82, 2.24) is 10.3 Å². The van der Waals surface area contributed by atoms with Crippen LogP contribution in [0.5, 0.6) is 0 Å². The van der Waals surface area contributed by atoms with Crippen LogP contribution < -0.4 is 5.32 Å². The fraction of sp³-hybridized carbons (Fsp3) is 0.300. The molecule has 1 spiro atoms. The van der Waals surface area contributed by atoms with Gasteiger partial charge in [-0.15, -0.1) is 0 Å². The lowest BCUT2D eigenvalue weighted by molar-refractivity contribution is -0.131. The minimum atomic E-state index is -0.845. The van der Waals surface area contributed by atoms with E-state index >= 15 is 0 Å². The van der Waals surface area contributed by atoms with Crippen molar-refractivity contribution in [2.75, 3.05) is 13.1 Å². The molecular weight excluding hydrogens is 368 g/mol. The number of carbonyl (C=O) groups excluding carboxylic acids is 1. The number of hydrazone groups is 1. The normalized spacial score (nSPS) is 26.3. The molecule has 0 radical (unpaired) electrons. The van der Waals surface area contributed by atoms with Gasteiger partial charge in [-0.2, -0.15) is 5.10 Å². The van der Waals surface area contributed by atoms with Gasteiger partial charge in [-0.1, -0.05) is 41.6 Å². The summed E-state index contributed by atoms with van der Waals surface area (Å²) in [5.74, 6) is -1.39. The minimum absolute atomic E-state index is 0.0552. The second-order valence-corrected chi connectivity index (χ2v) is 7.86. The van der Waals surface area contributed by atoms with E-state index in [0.717, 1.165) is 29.3 Å². The van der Waals surface area contributed by atoms with Crippen LogP contribution >= 0.6 is 11.8 Å². The standard InChI is InChI=1S/C20H21F2N3OS/c1-13-6-4-5-7-14(2)20(12-23-11-13)25(15(3)26)24-19(27-20)17-10-16(21)8-9-18(17)22/h4-10,23H,11-12H2,1-3H3/b5-4-,13-6+,14-7?. The Balaban J connectivity index is 2.06. The van der Waals surface area contributed by atoms with Crippen molar-refractivity contribution < 1.29 is 13.6 Å². The van der Waals surface area contributed by atoms with Crippen LogP contribution in [0.4, 0.5) is 8.78 Å². The van der Waals surface area contributed by atoms with Crippen LogP contribution in [-0.2, 0) is 4.79 Å². The third-order valence-electron chi connectivity index (χ3n) is 4.48. The first-order valence-corrected chi connectivity index (χ1v) is 9.41. The van der Waals surface area contributed by atoms with E-state index in [1.54, 1.807) is 0 Å². The van der Waals surface area contributed by atoms with Crippen molar-refractivity contribution in [2.24, 2.45) is 5.10 Å². The van der Waals surface area contributed by atoms with Crippen molar-refractivity contribution in [3.05, 3.63) is 70.8 Å². The molecule has 2 aliphatic rings. The number of allylic oxidation sites excluding steroid dienone is 4. The van der Waals surface area contributed by atoms with Crippen LogP contribution in [0.2, 0.25) is 0 Å². The van der Waals surface area contributed by atoms with E-state index in [0.29, 0.717) is 13.1 Å². The summed E-state index contributed by atoms with van der Waals surface area (Å²) in [6.07, 6.45) is 7.78. The molecular formula is C20H21F2N3OS. The molecule has 1 aromatic rings. The fourth-order valence-electron chi connectivity index (χ4n) is 3.03. The van der Waals surface area contributed by atoms with Crippen LogP contribution in [0.15, 0.2) is 58.8 Å². The molecule has 4 nitrogen and oxygen atoms in total. The monoisotopic (exact) mass is 389 g/mol. The summed E-state index contributed by atoms with van der Waals surface area (Å²) in [5.41, 5.74) is 2.08. The van der Waals surface area contributed by atoms with Gasteiger partial charge >= 0.3 is 0 Å². The Labute approximate surface area is 161 Å². The van der Waals surface area contributed by atoms with Crippen molar-refractivity contribution in [3.8, 4) is 0 Å². The highest BCUT2D eigenvalue weighted by atomic mass is 32.2. The smallest absolute Gasteiger partial charge is 0.241 e. The van der Waals surface area contributed by atoms with Gasteiger partial charge in [-0.25, -0.2) is 13.8 Å². The summed E-state index contributed by atoms with van der Waals surface area (Å²) in [6.45, 7) is 6.41. The van der Waals surface area contributed by atoms with Crippen LogP contribution in [-0.4, -0.2) is 33.9 Å². The molecule has 0 aliphatic carbocycles. The molecule has 1 N–H and O–H groups in total. The molecule has 0 saturated heterocycles. The molecule has 2 aliphatic heterocycles. The average Bonchev–Trinajstić information content (AvgIpc) is 3.01. The number of nitrogens with one attached hydrogen (secondary N) is 1. The zero-order valence-electron chi connectivity index (χ0n) is 15.4. The maximum atomic E-state index is 14.3. The predicted molar refractivity (Wildman–Crippen MR) is 105 cm³/mol. The molecule has 0 fully saturated rings. The summed E-state index contributed by atoms with van der Waals surface area (Å²) < 4.78 is 28.0. The van der Waals surface area contributed by atoms with Gasteiger partial charge in [0, 0.05) is 25.6 Å². The van der Waals surface area contributed by atoms with E-state index in [9.17, 15) is 13.6 Å². The second kappa shape index (κ2) is 7.78. The topological polar surface area (TPSA) is 44.7 Å². The highest BCUT2D eigenvalue weighted by Crippen LogP contribution is 2.44. The number of hydrogen-bond donors (Lipinski definition) is 1. The lowest BCUT2D eigenvalue weighted by Gasteiger charge is -2.36. The summed E-state index contributed by atoms with van der Waals surface area (Å²) in [4.78, 5) is 11.5. The summed E-state index contributed by atoms with van der Waals surface area (Å²) >= 11 is 1.26. The van der Waals surface area contributed by atoms with Crippen LogP contribution in [0.3, 0.4) is 0 Å². The van der Waals surface area contributed by atoms with Gasteiger partial charge in [-0.3, -0.25) is 4.79 Å². The minimum Gasteiger partial charge on any atom is -0.309 e. The molecule has 142 valence electrons. The van der Waals surface area contributed by atoms with Crippen molar-refractivity contribution in [2.45, 2.75) is 25.6 Å². The van der Waals surface area contributed by atoms with E-state index < -0.39 is 16.5 Å². The first-order chi connectivity index (χ1) is 12.8. The summed E-state index contributed by atoms with van der Waals surface area (Å²) in [5, 5.41) is 9.37.